The van der Waals surface area contributed by atoms with Crippen molar-refractivity contribution in [2.45, 2.75) is 77.8 Å². The van der Waals surface area contributed by atoms with Gasteiger partial charge >= 0.3 is 6.09 Å². The predicted octanol–water partition coefficient (Wildman–Crippen LogP) is 4.37. The number of benzene rings is 1. The van der Waals surface area contributed by atoms with E-state index in [0.717, 1.165) is 23.2 Å². The van der Waals surface area contributed by atoms with Crippen LogP contribution in [0.2, 0.25) is 0 Å². The predicted molar refractivity (Wildman–Crippen MR) is 141 cm³/mol. The molecule has 8 nitrogen and oxygen atoms in total. The van der Waals surface area contributed by atoms with Crippen molar-refractivity contribution >= 4 is 17.7 Å². The first-order valence-corrected chi connectivity index (χ1v) is 12.5. The van der Waals surface area contributed by atoms with Crippen LogP contribution in [0.25, 0.3) is 0 Å². The molecule has 2 bridgehead atoms. The van der Waals surface area contributed by atoms with Crippen molar-refractivity contribution in [1.29, 1.82) is 0 Å². The van der Waals surface area contributed by atoms with Crippen LogP contribution in [0.15, 0.2) is 47.6 Å². The van der Waals surface area contributed by atoms with Crippen LogP contribution in [0.4, 0.5) is 10.5 Å². The summed E-state index contributed by atoms with van der Waals surface area (Å²) >= 11 is 0. The molecule has 0 unspecified atom stereocenters. The van der Waals surface area contributed by atoms with Crippen LogP contribution in [0.1, 0.15) is 52.5 Å². The van der Waals surface area contributed by atoms with Crippen LogP contribution < -0.4 is 11.1 Å². The number of fused-ring (bicyclic) bond motifs is 2. The van der Waals surface area contributed by atoms with Gasteiger partial charge in [0.05, 0.1) is 18.3 Å². The maximum Gasteiger partial charge on any atom is 0.405 e. The fraction of sp³-hybridized carbons (Fsp3) is 0.571. The molecule has 1 aliphatic heterocycles. The second-order valence-electron chi connectivity index (χ2n) is 9.83. The Kier molecular flexibility index (Phi) is 11.6. The fourth-order valence-corrected chi connectivity index (χ4v) is 4.75. The molecule has 200 valence electrons. The highest BCUT2D eigenvalue weighted by molar-refractivity contribution is 6.03. The lowest BCUT2D eigenvalue weighted by molar-refractivity contribution is -0.112. The molecule has 1 aromatic carbocycles. The molecule has 2 amide bonds. The molecule has 6 atom stereocenters. The van der Waals surface area contributed by atoms with Crippen molar-refractivity contribution in [2.75, 3.05) is 19.5 Å². The average Bonchev–Trinajstić information content (AvgIpc) is 2.82. The number of hydrogen-bond donors (Lipinski definition) is 3. The maximum absolute atomic E-state index is 12.7. The summed E-state index contributed by atoms with van der Waals surface area (Å²) in [6.07, 6.45) is 2.91. The fourth-order valence-electron chi connectivity index (χ4n) is 4.75. The molecule has 2 rings (SSSR count). The Balaban J connectivity index is 2.43. The lowest BCUT2D eigenvalue weighted by Gasteiger charge is -2.30. The lowest BCUT2D eigenvalue weighted by atomic mass is 9.88. The number of aliphatic hydroxyl groups is 1. The van der Waals surface area contributed by atoms with E-state index in [1.807, 2.05) is 50.3 Å². The third-order valence-electron chi connectivity index (χ3n) is 6.74. The topological polar surface area (TPSA) is 120 Å². The number of anilines is 1. The van der Waals surface area contributed by atoms with E-state index >= 15 is 0 Å². The third kappa shape index (κ3) is 8.76. The molecule has 1 heterocycles. The smallest absolute Gasteiger partial charge is 0.405 e. The molecule has 0 fully saturated rings. The van der Waals surface area contributed by atoms with E-state index in [2.05, 4.69) is 12.2 Å². The van der Waals surface area contributed by atoms with Crippen molar-refractivity contribution in [3.05, 3.63) is 53.1 Å². The Bertz CT molecular complexity index is 944. The highest BCUT2D eigenvalue weighted by atomic mass is 16.6. The second-order valence-corrected chi connectivity index (χ2v) is 9.83. The number of allylic oxidation sites excluding steroid dienone is 1. The molecule has 8 heteroatoms. The van der Waals surface area contributed by atoms with Gasteiger partial charge in [-0.2, -0.15) is 0 Å². The molecule has 0 aliphatic carbocycles. The van der Waals surface area contributed by atoms with Gasteiger partial charge < -0.3 is 30.4 Å². The Morgan fingerprint density at radius 3 is 2.47 bits per heavy atom. The normalized spacial score (nSPS) is 31.9. The number of nitrogens with one attached hydrogen (secondary N) is 1. The van der Waals surface area contributed by atoms with E-state index in [0.29, 0.717) is 24.8 Å². The second kappa shape index (κ2) is 14.2. The summed E-state index contributed by atoms with van der Waals surface area (Å²) in [5.74, 6) is -0.224. The Morgan fingerprint density at radius 1 is 1.14 bits per heavy atom. The minimum Gasteiger partial charge on any atom is -0.439 e. The summed E-state index contributed by atoms with van der Waals surface area (Å²) in [5, 5.41) is 14.1. The summed E-state index contributed by atoms with van der Waals surface area (Å²) in [7, 11) is 3.15. The number of primary amides is 1. The van der Waals surface area contributed by atoms with Crippen molar-refractivity contribution in [3.63, 3.8) is 0 Å². The van der Waals surface area contributed by atoms with Gasteiger partial charge in [0, 0.05) is 31.4 Å². The molecule has 36 heavy (non-hydrogen) atoms. The summed E-state index contributed by atoms with van der Waals surface area (Å²) in [5.41, 5.74) is 8.50. The van der Waals surface area contributed by atoms with E-state index < -0.39 is 24.4 Å². The van der Waals surface area contributed by atoms with Gasteiger partial charge in [0.25, 0.3) is 5.91 Å². The van der Waals surface area contributed by atoms with E-state index in [1.165, 1.54) is 0 Å². The van der Waals surface area contributed by atoms with Crippen LogP contribution in [-0.2, 0) is 25.4 Å². The van der Waals surface area contributed by atoms with Crippen LogP contribution in [0, 0.1) is 11.8 Å². The molecule has 0 saturated heterocycles. The minimum absolute atomic E-state index is 0.176. The van der Waals surface area contributed by atoms with Gasteiger partial charge in [-0.3, -0.25) is 4.79 Å². The largest absolute Gasteiger partial charge is 0.439 e. The molecule has 1 aliphatic rings. The Labute approximate surface area is 214 Å². The van der Waals surface area contributed by atoms with Gasteiger partial charge in [0.15, 0.2) is 6.10 Å². The molecular formula is C28H42N2O6. The van der Waals surface area contributed by atoms with Crippen molar-refractivity contribution in [3.8, 4) is 0 Å². The zero-order valence-corrected chi connectivity index (χ0v) is 22.3. The average molecular weight is 503 g/mol. The summed E-state index contributed by atoms with van der Waals surface area (Å²) in [4.78, 5) is 24.4. The Morgan fingerprint density at radius 2 is 1.83 bits per heavy atom. The van der Waals surface area contributed by atoms with Crippen molar-refractivity contribution in [1.82, 2.24) is 0 Å². The summed E-state index contributed by atoms with van der Waals surface area (Å²) in [6.45, 7) is 7.62. The first-order chi connectivity index (χ1) is 17.0. The van der Waals surface area contributed by atoms with Gasteiger partial charge in [0.2, 0.25) is 0 Å². The van der Waals surface area contributed by atoms with Gasteiger partial charge in [-0.15, -0.1) is 0 Å². The number of rotatable bonds is 3. The van der Waals surface area contributed by atoms with E-state index in [4.69, 9.17) is 19.9 Å². The number of nitrogens with two attached hydrogens (primary N) is 1. The van der Waals surface area contributed by atoms with E-state index in [-0.39, 0.29) is 23.8 Å². The van der Waals surface area contributed by atoms with E-state index in [1.54, 1.807) is 21.1 Å². The minimum atomic E-state index is -0.905. The number of carbonyl (C=O) groups is 2. The lowest BCUT2D eigenvalue weighted by Crippen LogP contribution is -2.37. The van der Waals surface area contributed by atoms with Crippen LogP contribution in [0.3, 0.4) is 0 Å². The highest BCUT2D eigenvalue weighted by Gasteiger charge is 2.29. The highest BCUT2D eigenvalue weighted by Crippen LogP contribution is 2.26. The Hall–Kier alpha value is -2.68. The standard InChI is InChI=1S/C28H42N2O6/c1-17-13-21-10-8-11-22(16-21)30-27(32)18(2)9-7-12-23(34-5)26(36-28(29)33)20(4)15-19(3)25(31)24(14-17)35-6/h8-11,15-17,19,23-26,31H,7,12-14H2,1-6H3,(H2,29,33)(H,30,32)/b18-9+,20-15-/t17-,19-,23+,24+,25-,26+/m1/s1. The number of aliphatic hydroxyl groups excluding tert-OH is 1. The van der Waals surface area contributed by atoms with Crippen molar-refractivity contribution < 1.29 is 28.9 Å². The van der Waals surface area contributed by atoms with Gasteiger partial charge in [0.1, 0.15) is 0 Å². The van der Waals surface area contributed by atoms with Gasteiger partial charge in [-0.25, -0.2) is 4.79 Å². The number of carbonyl (C=O) groups excluding carboxylic acids is 2. The SMILES string of the molecule is CO[C@H]1C[C@H](C)Cc2cccc(c2)NC(=O)/C(C)=C/CC[C@H](OC)[C@@H](OC(N)=O)/C(C)=C\[C@@H](C)[C@H]1O. The van der Waals surface area contributed by atoms with Gasteiger partial charge in [-0.1, -0.05) is 38.1 Å². The third-order valence-corrected chi connectivity index (χ3v) is 6.74. The zero-order valence-electron chi connectivity index (χ0n) is 22.3. The van der Waals surface area contributed by atoms with Gasteiger partial charge in [-0.05, 0) is 68.7 Å². The maximum atomic E-state index is 12.7. The number of methoxy groups -OCH3 is 2. The monoisotopic (exact) mass is 502 g/mol. The first-order valence-electron chi connectivity index (χ1n) is 12.5. The molecule has 1 aromatic rings. The summed E-state index contributed by atoms with van der Waals surface area (Å²) in [6, 6.07) is 7.82. The van der Waals surface area contributed by atoms with Crippen LogP contribution in [0.5, 0.6) is 0 Å². The summed E-state index contributed by atoms with van der Waals surface area (Å²) < 4.78 is 16.8. The number of amides is 2. The first kappa shape index (κ1) is 29.5. The number of hydrogen-bond acceptors (Lipinski definition) is 6. The number of ether oxygens (including phenoxy) is 3. The van der Waals surface area contributed by atoms with Crippen LogP contribution in [-0.4, -0.2) is 55.7 Å². The molecule has 0 saturated carbocycles. The molecule has 0 aromatic heterocycles. The molecule has 0 radical (unpaired) electrons. The van der Waals surface area contributed by atoms with Crippen LogP contribution >= 0.6 is 0 Å². The quantitative estimate of drug-likeness (QED) is 0.528. The van der Waals surface area contributed by atoms with Crippen molar-refractivity contribution in [2.24, 2.45) is 17.6 Å². The molecular weight excluding hydrogens is 460 g/mol. The van der Waals surface area contributed by atoms with E-state index in [9.17, 15) is 14.7 Å². The molecule has 0 spiro atoms. The zero-order chi connectivity index (χ0) is 26.8. The molecule has 4 N–H and O–H groups in total.